The van der Waals surface area contributed by atoms with Crippen molar-refractivity contribution in [2.45, 2.75) is 31.8 Å². The Morgan fingerprint density at radius 1 is 1.33 bits per heavy atom. The summed E-state index contributed by atoms with van der Waals surface area (Å²) in [7, 11) is 1.75. The van der Waals surface area contributed by atoms with Gasteiger partial charge >= 0.3 is 12.0 Å². The molecule has 1 aliphatic carbocycles. The molecule has 0 aromatic heterocycles. The van der Waals surface area contributed by atoms with Gasteiger partial charge in [-0.1, -0.05) is 34.1 Å². The van der Waals surface area contributed by atoms with E-state index in [9.17, 15) is 9.59 Å². The number of hydrogen-bond donors (Lipinski definition) is 1. The Morgan fingerprint density at radius 2 is 2.00 bits per heavy atom. The maximum Gasteiger partial charge on any atom is 0.320 e. The number of carboxylic acids is 1. The summed E-state index contributed by atoms with van der Waals surface area (Å²) in [6.45, 7) is 0.773. The van der Waals surface area contributed by atoms with Crippen molar-refractivity contribution in [2.24, 2.45) is 0 Å². The zero-order valence-electron chi connectivity index (χ0n) is 12.0. The van der Waals surface area contributed by atoms with E-state index in [1.807, 2.05) is 24.3 Å². The Morgan fingerprint density at radius 3 is 2.57 bits per heavy atom. The first-order chi connectivity index (χ1) is 9.99. The first kappa shape index (κ1) is 15.8. The Kier molecular flexibility index (Phi) is 5.22. The fourth-order valence-electron chi connectivity index (χ4n) is 2.21. The third-order valence-corrected chi connectivity index (χ3v) is 4.27. The van der Waals surface area contributed by atoms with Crippen LogP contribution in [0.25, 0.3) is 0 Å². The molecular weight excluding hydrogens is 336 g/mol. The lowest BCUT2D eigenvalue weighted by Gasteiger charge is -2.28. The van der Waals surface area contributed by atoms with Crippen LogP contribution in [0.15, 0.2) is 28.7 Å². The summed E-state index contributed by atoms with van der Waals surface area (Å²) in [5.74, 6) is -0.873. The highest BCUT2D eigenvalue weighted by Gasteiger charge is 2.34. The Balaban J connectivity index is 1.99. The summed E-state index contributed by atoms with van der Waals surface area (Å²) < 4.78 is 0.966. The minimum atomic E-state index is -0.873. The van der Waals surface area contributed by atoms with Crippen molar-refractivity contribution in [3.63, 3.8) is 0 Å². The third-order valence-electron chi connectivity index (χ3n) is 3.49. The van der Waals surface area contributed by atoms with Crippen molar-refractivity contribution in [3.05, 3.63) is 34.3 Å². The summed E-state index contributed by atoms with van der Waals surface area (Å²) in [6, 6.07) is 7.87. The van der Waals surface area contributed by atoms with Gasteiger partial charge in [-0.3, -0.25) is 4.79 Å². The molecule has 0 aliphatic heterocycles. The largest absolute Gasteiger partial charge is 0.481 e. The lowest BCUT2D eigenvalue weighted by Crippen LogP contribution is -2.43. The van der Waals surface area contributed by atoms with Crippen molar-refractivity contribution >= 4 is 27.9 Å². The molecule has 1 fully saturated rings. The number of hydrogen-bond acceptors (Lipinski definition) is 2. The van der Waals surface area contributed by atoms with Gasteiger partial charge in [-0.05, 0) is 24.5 Å². The number of carboxylic acid groups (broad SMARTS) is 1. The standard InChI is InChI=1S/C15H19BrN2O3/c1-17(10-11-4-2-3-5-13(11)16)15(21)18(12-6-7-12)9-8-14(19)20/h2-5,12H,6-10H2,1H3,(H,19,20). The molecule has 21 heavy (non-hydrogen) atoms. The molecule has 1 aliphatic rings. The van der Waals surface area contributed by atoms with Crippen molar-refractivity contribution in [1.82, 2.24) is 9.80 Å². The number of rotatable bonds is 6. The molecule has 6 heteroatoms. The number of amides is 2. The number of carbonyl (C=O) groups is 2. The molecule has 0 atom stereocenters. The van der Waals surface area contributed by atoms with Gasteiger partial charge in [-0.25, -0.2) is 4.79 Å². The average Bonchev–Trinajstić information content (AvgIpc) is 3.25. The molecule has 5 nitrogen and oxygen atoms in total. The maximum absolute atomic E-state index is 12.5. The minimum absolute atomic E-state index is 0.00882. The van der Waals surface area contributed by atoms with Crippen molar-refractivity contribution in [2.75, 3.05) is 13.6 Å². The van der Waals surface area contributed by atoms with E-state index in [1.165, 1.54) is 0 Å². The van der Waals surface area contributed by atoms with Crippen LogP contribution in [-0.2, 0) is 11.3 Å². The molecule has 2 amide bonds. The molecule has 0 spiro atoms. The number of halogens is 1. The molecule has 0 bridgehead atoms. The predicted molar refractivity (Wildman–Crippen MR) is 83.0 cm³/mol. The van der Waals surface area contributed by atoms with E-state index in [2.05, 4.69) is 15.9 Å². The van der Waals surface area contributed by atoms with Gasteiger partial charge in [0.25, 0.3) is 0 Å². The van der Waals surface area contributed by atoms with E-state index >= 15 is 0 Å². The lowest BCUT2D eigenvalue weighted by atomic mass is 10.2. The molecule has 0 heterocycles. The minimum Gasteiger partial charge on any atom is -0.481 e. The van der Waals surface area contributed by atoms with Gasteiger partial charge in [0.05, 0.1) is 6.42 Å². The molecule has 1 saturated carbocycles. The third kappa shape index (κ3) is 4.46. The molecule has 0 unspecified atom stereocenters. The van der Waals surface area contributed by atoms with Crippen molar-refractivity contribution in [1.29, 1.82) is 0 Å². The average molecular weight is 355 g/mol. The van der Waals surface area contributed by atoms with Crippen LogP contribution < -0.4 is 0 Å². The zero-order valence-corrected chi connectivity index (χ0v) is 13.5. The Hall–Kier alpha value is -1.56. The van der Waals surface area contributed by atoms with Crippen LogP contribution in [0.4, 0.5) is 4.79 Å². The number of nitrogens with zero attached hydrogens (tertiary/aromatic N) is 2. The summed E-state index contributed by atoms with van der Waals surface area (Å²) in [6.07, 6.45) is 1.92. The maximum atomic E-state index is 12.5. The van der Waals surface area contributed by atoms with Crippen LogP contribution in [0.1, 0.15) is 24.8 Å². The molecule has 1 aromatic rings. The van der Waals surface area contributed by atoms with Crippen LogP contribution in [0, 0.1) is 0 Å². The molecule has 1 N–H and O–H groups in total. The molecule has 2 rings (SSSR count). The van der Waals surface area contributed by atoms with Gasteiger partial charge in [0.1, 0.15) is 0 Å². The van der Waals surface area contributed by atoms with E-state index in [1.54, 1.807) is 16.8 Å². The van der Waals surface area contributed by atoms with Crippen LogP contribution in [0.3, 0.4) is 0 Å². The fraction of sp³-hybridized carbons (Fsp3) is 0.467. The number of carbonyl (C=O) groups excluding carboxylic acids is 1. The zero-order chi connectivity index (χ0) is 15.4. The van der Waals surface area contributed by atoms with E-state index < -0.39 is 5.97 Å². The normalized spacial score (nSPS) is 13.8. The predicted octanol–water partition coefficient (Wildman–Crippen LogP) is 2.94. The van der Waals surface area contributed by atoms with E-state index in [-0.39, 0.29) is 25.0 Å². The van der Waals surface area contributed by atoms with Crippen LogP contribution in [-0.4, -0.2) is 46.5 Å². The summed E-state index contributed by atoms with van der Waals surface area (Å²) in [5, 5.41) is 8.80. The topological polar surface area (TPSA) is 60.9 Å². The van der Waals surface area contributed by atoms with Gasteiger partial charge in [-0.15, -0.1) is 0 Å². The monoisotopic (exact) mass is 354 g/mol. The van der Waals surface area contributed by atoms with Crippen LogP contribution in [0.2, 0.25) is 0 Å². The second kappa shape index (κ2) is 6.93. The summed E-state index contributed by atoms with van der Waals surface area (Å²) in [4.78, 5) is 26.5. The smallest absolute Gasteiger partial charge is 0.320 e. The van der Waals surface area contributed by atoms with Gasteiger partial charge in [-0.2, -0.15) is 0 Å². The molecule has 0 radical (unpaired) electrons. The quantitative estimate of drug-likeness (QED) is 0.854. The second-order valence-corrected chi connectivity index (χ2v) is 6.15. The SMILES string of the molecule is CN(Cc1ccccc1Br)C(=O)N(CCC(=O)O)C1CC1. The first-order valence-electron chi connectivity index (χ1n) is 6.96. The number of aliphatic carboxylic acids is 1. The first-order valence-corrected chi connectivity index (χ1v) is 7.75. The van der Waals surface area contributed by atoms with Gasteiger partial charge < -0.3 is 14.9 Å². The van der Waals surface area contributed by atoms with Crippen LogP contribution >= 0.6 is 15.9 Å². The molecule has 114 valence electrons. The van der Waals surface area contributed by atoms with Crippen molar-refractivity contribution in [3.8, 4) is 0 Å². The number of benzene rings is 1. The van der Waals surface area contributed by atoms with E-state index in [4.69, 9.17) is 5.11 Å². The highest BCUT2D eigenvalue weighted by molar-refractivity contribution is 9.10. The lowest BCUT2D eigenvalue weighted by molar-refractivity contribution is -0.137. The second-order valence-electron chi connectivity index (χ2n) is 5.30. The Bertz CT molecular complexity index is 531. The molecular formula is C15H19BrN2O3. The highest BCUT2D eigenvalue weighted by Crippen LogP contribution is 2.28. The molecule has 1 aromatic carbocycles. The summed E-state index contributed by atoms with van der Waals surface area (Å²) in [5.41, 5.74) is 1.03. The van der Waals surface area contributed by atoms with Crippen molar-refractivity contribution < 1.29 is 14.7 Å². The van der Waals surface area contributed by atoms with E-state index in [0.29, 0.717) is 6.54 Å². The summed E-state index contributed by atoms with van der Waals surface area (Å²) >= 11 is 3.47. The Labute approximate surface area is 132 Å². The number of urea groups is 1. The highest BCUT2D eigenvalue weighted by atomic mass is 79.9. The van der Waals surface area contributed by atoms with E-state index in [0.717, 1.165) is 22.9 Å². The fourth-order valence-corrected chi connectivity index (χ4v) is 2.62. The van der Waals surface area contributed by atoms with Gasteiger partial charge in [0.15, 0.2) is 0 Å². The van der Waals surface area contributed by atoms with Crippen LogP contribution in [0.5, 0.6) is 0 Å². The molecule has 0 saturated heterocycles. The van der Waals surface area contributed by atoms with Gasteiger partial charge in [0.2, 0.25) is 0 Å². The van der Waals surface area contributed by atoms with Gasteiger partial charge in [0, 0.05) is 30.7 Å².